The van der Waals surface area contributed by atoms with Crippen molar-refractivity contribution in [3.63, 3.8) is 0 Å². The number of aliphatic hydroxyl groups is 1. The van der Waals surface area contributed by atoms with E-state index in [2.05, 4.69) is 11.4 Å². The van der Waals surface area contributed by atoms with E-state index in [1.807, 2.05) is 42.5 Å². The van der Waals surface area contributed by atoms with Gasteiger partial charge in [-0.3, -0.25) is 0 Å². The van der Waals surface area contributed by atoms with Gasteiger partial charge in [-0.15, -0.1) is 0 Å². The number of ether oxygens (including phenoxy) is 1. The fourth-order valence-electron chi connectivity index (χ4n) is 1.97. The SMILES string of the molecule is N#Cc1ccccc1COc1cccc(CNCCO)c1. The molecule has 0 saturated carbocycles. The van der Waals surface area contributed by atoms with E-state index in [9.17, 15) is 0 Å². The number of nitrogens with one attached hydrogen (secondary N) is 1. The molecule has 0 saturated heterocycles. The number of benzene rings is 2. The number of nitriles is 1. The molecular weight excluding hydrogens is 264 g/mol. The molecule has 108 valence electrons. The molecule has 2 N–H and O–H groups in total. The molecule has 0 unspecified atom stereocenters. The fourth-order valence-corrected chi connectivity index (χ4v) is 1.97. The van der Waals surface area contributed by atoms with Crippen LogP contribution in [0.5, 0.6) is 5.75 Å². The highest BCUT2D eigenvalue weighted by Gasteiger charge is 2.02. The number of nitrogens with zero attached hydrogens (tertiary/aromatic N) is 1. The van der Waals surface area contributed by atoms with E-state index in [0.29, 0.717) is 25.3 Å². The molecule has 4 nitrogen and oxygen atoms in total. The highest BCUT2D eigenvalue weighted by atomic mass is 16.5. The molecule has 2 rings (SSSR count). The lowest BCUT2D eigenvalue weighted by Crippen LogP contribution is -2.17. The molecule has 0 amide bonds. The quantitative estimate of drug-likeness (QED) is 0.764. The Labute approximate surface area is 124 Å². The third-order valence-electron chi connectivity index (χ3n) is 3.05. The lowest BCUT2D eigenvalue weighted by atomic mass is 10.1. The molecular formula is C17H18N2O2. The summed E-state index contributed by atoms with van der Waals surface area (Å²) in [6.45, 7) is 1.76. The molecule has 2 aromatic carbocycles. The molecule has 0 aromatic heterocycles. The van der Waals surface area contributed by atoms with Crippen molar-refractivity contribution < 1.29 is 9.84 Å². The summed E-state index contributed by atoms with van der Waals surface area (Å²) in [4.78, 5) is 0. The maximum atomic E-state index is 9.05. The minimum atomic E-state index is 0.126. The predicted molar refractivity (Wildman–Crippen MR) is 80.7 cm³/mol. The van der Waals surface area contributed by atoms with Gasteiger partial charge in [0.05, 0.1) is 18.2 Å². The van der Waals surface area contributed by atoms with Crippen LogP contribution in [0.1, 0.15) is 16.7 Å². The zero-order valence-corrected chi connectivity index (χ0v) is 11.7. The average molecular weight is 282 g/mol. The Morgan fingerprint density at radius 1 is 1.14 bits per heavy atom. The first-order valence-electron chi connectivity index (χ1n) is 6.85. The number of hydrogen-bond acceptors (Lipinski definition) is 4. The van der Waals surface area contributed by atoms with Crippen LogP contribution < -0.4 is 10.1 Å². The Hall–Kier alpha value is -2.35. The minimum absolute atomic E-state index is 0.126. The van der Waals surface area contributed by atoms with Crippen LogP contribution >= 0.6 is 0 Å². The summed E-state index contributed by atoms with van der Waals surface area (Å²) in [7, 11) is 0. The Morgan fingerprint density at radius 3 is 2.81 bits per heavy atom. The minimum Gasteiger partial charge on any atom is -0.489 e. The van der Waals surface area contributed by atoms with Crippen molar-refractivity contribution in [3.8, 4) is 11.8 Å². The maximum Gasteiger partial charge on any atom is 0.120 e. The predicted octanol–water partition coefficient (Wildman–Crippen LogP) is 2.22. The van der Waals surface area contributed by atoms with E-state index in [1.54, 1.807) is 6.07 Å². The Balaban J connectivity index is 1.97. The Morgan fingerprint density at radius 2 is 2.00 bits per heavy atom. The highest BCUT2D eigenvalue weighted by Crippen LogP contribution is 2.16. The Bertz CT molecular complexity index is 620. The van der Waals surface area contributed by atoms with Crippen LogP contribution in [0.15, 0.2) is 48.5 Å². The van der Waals surface area contributed by atoms with Gasteiger partial charge in [-0.1, -0.05) is 30.3 Å². The first-order chi connectivity index (χ1) is 10.3. The van der Waals surface area contributed by atoms with Crippen molar-refractivity contribution in [2.45, 2.75) is 13.2 Å². The van der Waals surface area contributed by atoms with Gasteiger partial charge in [0.2, 0.25) is 0 Å². The van der Waals surface area contributed by atoms with Crippen molar-refractivity contribution in [1.82, 2.24) is 5.32 Å². The van der Waals surface area contributed by atoms with Gasteiger partial charge in [-0.25, -0.2) is 0 Å². The molecule has 0 aliphatic rings. The average Bonchev–Trinajstić information content (AvgIpc) is 2.54. The maximum absolute atomic E-state index is 9.05. The first-order valence-corrected chi connectivity index (χ1v) is 6.85. The van der Waals surface area contributed by atoms with Gasteiger partial charge in [0.15, 0.2) is 0 Å². The van der Waals surface area contributed by atoms with Crippen molar-refractivity contribution in [2.24, 2.45) is 0 Å². The summed E-state index contributed by atoms with van der Waals surface area (Å²) in [6, 6.07) is 17.4. The summed E-state index contributed by atoms with van der Waals surface area (Å²) in [5.41, 5.74) is 2.61. The molecule has 4 heteroatoms. The first kappa shape index (κ1) is 15.0. The van der Waals surface area contributed by atoms with E-state index in [0.717, 1.165) is 16.9 Å². The van der Waals surface area contributed by atoms with Crippen molar-refractivity contribution in [2.75, 3.05) is 13.2 Å². The van der Waals surface area contributed by atoms with Gasteiger partial charge in [-0.2, -0.15) is 5.26 Å². The lowest BCUT2D eigenvalue weighted by Gasteiger charge is -2.09. The number of rotatable bonds is 7. The van der Waals surface area contributed by atoms with Crippen LogP contribution in [0.3, 0.4) is 0 Å². The van der Waals surface area contributed by atoms with Crippen LogP contribution in [0, 0.1) is 11.3 Å². The summed E-state index contributed by atoms with van der Waals surface area (Å²) in [5.74, 6) is 0.769. The zero-order chi connectivity index (χ0) is 14.9. The van der Waals surface area contributed by atoms with Crippen LogP contribution in [-0.4, -0.2) is 18.3 Å². The van der Waals surface area contributed by atoms with Crippen LogP contribution in [0.2, 0.25) is 0 Å². The summed E-state index contributed by atoms with van der Waals surface area (Å²) in [5, 5.41) is 20.9. The normalized spacial score (nSPS) is 10.1. The molecule has 21 heavy (non-hydrogen) atoms. The van der Waals surface area contributed by atoms with E-state index in [-0.39, 0.29) is 6.61 Å². The smallest absolute Gasteiger partial charge is 0.120 e. The number of aliphatic hydroxyl groups excluding tert-OH is 1. The van der Waals surface area contributed by atoms with Gasteiger partial charge < -0.3 is 15.2 Å². The molecule has 0 heterocycles. The standard InChI is InChI=1S/C17H18N2O2/c18-11-15-5-1-2-6-16(15)13-21-17-7-3-4-14(10-17)12-19-8-9-20/h1-7,10,19-20H,8-9,12-13H2. The highest BCUT2D eigenvalue weighted by molar-refractivity contribution is 5.37. The third kappa shape index (κ3) is 4.60. The fraction of sp³-hybridized carbons (Fsp3) is 0.235. The summed E-state index contributed by atoms with van der Waals surface area (Å²) >= 11 is 0. The second kappa shape index (κ2) is 8.05. The van der Waals surface area contributed by atoms with Gasteiger partial charge in [0, 0.05) is 18.7 Å². The van der Waals surface area contributed by atoms with Crippen molar-refractivity contribution >= 4 is 0 Å². The molecule has 0 aliphatic heterocycles. The summed E-state index contributed by atoms with van der Waals surface area (Å²) in [6.07, 6.45) is 0. The van der Waals surface area contributed by atoms with E-state index >= 15 is 0 Å². The lowest BCUT2D eigenvalue weighted by molar-refractivity contribution is 0.291. The molecule has 0 bridgehead atoms. The van der Waals surface area contributed by atoms with Crippen molar-refractivity contribution in [1.29, 1.82) is 5.26 Å². The summed E-state index contributed by atoms with van der Waals surface area (Å²) < 4.78 is 5.75. The van der Waals surface area contributed by atoms with Gasteiger partial charge in [0.25, 0.3) is 0 Å². The monoisotopic (exact) mass is 282 g/mol. The van der Waals surface area contributed by atoms with Gasteiger partial charge in [0.1, 0.15) is 12.4 Å². The molecule has 0 fully saturated rings. The second-order valence-corrected chi connectivity index (χ2v) is 4.61. The molecule has 0 aliphatic carbocycles. The van der Waals surface area contributed by atoms with Gasteiger partial charge >= 0.3 is 0 Å². The molecule has 0 atom stereocenters. The third-order valence-corrected chi connectivity index (χ3v) is 3.05. The van der Waals surface area contributed by atoms with E-state index < -0.39 is 0 Å². The van der Waals surface area contributed by atoms with Crippen LogP contribution in [-0.2, 0) is 13.2 Å². The molecule has 0 spiro atoms. The van der Waals surface area contributed by atoms with Gasteiger partial charge in [-0.05, 0) is 23.8 Å². The zero-order valence-electron chi connectivity index (χ0n) is 11.7. The van der Waals surface area contributed by atoms with E-state index in [4.69, 9.17) is 15.1 Å². The topological polar surface area (TPSA) is 65.3 Å². The second-order valence-electron chi connectivity index (χ2n) is 4.61. The van der Waals surface area contributed by atoms with Crippen LogP contribution in [0.4, 0.5) is 0 Å². The molecule has 0 radical (unpaired) electrons. The Kier molecular flexibility index (Phi) is 5.77. The largest absolute Gasteiger partial charge is 0.489 e. The molecule has 2 aromatic rings. The van der Waals surface area contributed by atoms with Crippen molar-refractivity contribution in [3.05, 3.63) is 65.2 Å². The number of hydrogen-bond donors (Lipinski definition) is 2. The van der Waals surface area contributed by atoms with Crippen LogP contribution in [0.25, 0.3) is 0 Å². The van der Waals surface area contributed by atoms with E-state index in [1.165, 1.54) is 0 Å².